The quantitative estimate of drug-likeness (QED) is 0.640. The van der Waals surface area contributed by atoms with E-state index in [4.69, 9.17) is 0 Å². The van der Waals surface area contributed by atoms with Crippen molar-refractivity contribution in [2.75, 3.05) is 19.3 Å². The van der Waals surface area contributed by atoms with E-state index in [0.29, 0.717) is 13.1 Å². The minimum atomic E-state index is -2.97. The molecule has 3 nitrogen and oxygen atoms in total. The highest BCUT2D eigenvalue weighted by Gasteiger charge is 2.13. The average Bonchev–Trinajstić information content (AvgIpc) is 1.95. The fourth-order valence-corrected chi connectivity index (χ4v) is 2.00. The first-order chi connectivity index (χ1) is 5.52. The van der Waals surface area contributed by atoms with E-state index in [0.717, 1.165) is 19.3 Å². The van der Waals surface area contributed by atoms with Crippen LogP contribution in [-0.2, 0) is 10.0 Å². The molecule has 0 aliphatic rings. The van der Waals surface area contributed by atoms with Crippen LogP contribution < -0.4 is 0 Å². The molecule has 0 amide bonds. The van der Waals surface area contributed by atoms with Gasteiger partial charge < -0.3 is 0 Å². The van der Waals surface area contributed by atoms with Gasteiger partial charge in [-0.25, -0.2) is 12.7 Å². The number of hydrogen-bond acceptors (Lipinski definition) is 2. The first-order valence-corrected chi connectivity index (χ1v) is 6.32. The third-order valence-electron chi connectivity index (χ3n) is 1.70. The molecule has 74 valence electrons. The first-order valence-electron chi connectivity index (χ1n) is 4.47. The Bertz CT molecular complexity index is 199. The van der Waals surface area contributed by atoms with E-state index >= 15 is 0 Å². The van der Waals surface area contributed by atoms with Gasteiger partial charge in [0.2, 0.25) is 10.0 Å². The molecule has 0 aliphatic carbocycles. The molecule has 0 unspecified atom stereocenters. The van der Waals surface area contributed by atoms with Crippen LogP contribution in [0.2, 0.25) is 0 Å². The molecule has 0 aromatic rings. The number of sulfonamides is 1. The van der Waals surface area contributed by atoms with Gasteiger partial charge in [0.1, 0.15) is 0 Å². The van der Waals surface area contributed by atoms with Crippen molar-refractivity contribution in [3.63, 3.8) is 0 Å². The van der Waals surface area contributed by atoms with E-state index in [-0.39, 0.29) is 0 Å². The van der Waals surface area contributed by atoms with Crippen LogP contribution in [0.3, 0.4) is 0 Å². The Morgan fingerprint density at radius 1 is 1.08 bits per heavy atom. The highest BCUT2D eigenvalue weighted by molar-refractivity contribution is 7.88. The van der Waals surface area contributed by atoms with Crippen LogP contribution in [0.4, 0.5) is 0 Å². The van der Waals surface area contributed by atoms with Crippen LogP contribution in [-0.4, -0.2) is 32.1 Å². The maximum atomic E-state index is 11.2. The van der Waals surface area contributed by atoms with Crippen molar-refractivity contribution in [3.8, 4) is 0 Å². The SMILES string of the molecule is CCCCN(CCC)S(C)(=O)=O. The van der Waals surface area contributed by atoms with E-state index in [1.807, 2.05) is 6.92 Å². The topological polar surface area (TPSA) is 37.4 Å². The van der Waals surface area contributed by atoms with Crippen molar-refractivity contribution in [2.45, 2.75) is 33.1 Å². The molecule has 4 heteroatoms. The molecule has 0 N–H and O–H groups in total. The van der Waals surface area contributed by atoms with Crippen LogP contribution in [0.25, 0.3) is 0 Å². The molecule has 0 fully saturated rings. The van der Waals surface area contributed by atoms with Gasteiger partial charge in [-0.2, -0.15) is 0 Å². The van der Waals surface area contributed by atoms with Crippen molar-refractivity contribution >= 4 is 10.0 Å². The van der Waals surface area contributed by atoms with Crippen LogP contribution in [0, 0.1) is 0 Å². The van der Waals surface area contributed by atoms with Gasteiger partial charge in [0.15, 0.2) is 0 Å². The lowest BCUT2D eigenvalue weighted by Crippen LogP contribution is -2.31. The molecule has 0 aromatic carbocycles. The summed E-state index contributed by atoms with van der Waals surface area (Å²) in [6.07, 6.45) is 4.15. The predicted octanol–water partition coefficient (Wildman–Crippen LogP) is 1.46. The van der Waals surface area contributed by atoms with Crippen molar-refractivity contribution in [2.24, 2.45) is 0 Å². The molecule has 0 saturated carbocycles. The third-order valence-corrected chi connectivity index (χ3v) is 3.01. The smallest absolute Gasteiger partial charge is 0.211 e. The van der Waals surface area contributed by atoms with Gasteiger partial charge in [0.25, 0.3) is 0 Å². The lowest BCUT2D eigenvalue weighted by molar-refractivity contribution is 0.406. The number of unbranched alkanes of at least 4 members (excludes halogenated alkanes) is 1. The van der Waals surface area contributed by atoms with Crippen molar-refractivity contribution in [1.82, 2.24) is 4.31 Å². The summed E-state index contributed by atoms with van der Waals surface area (Å²) < 4.78 is 23.9. The maximum absolute atomic E-state index is 11.2. The molecule has 0 saturated heterocycles. The monoisotopic (exact) mass is 193 g/mol. The molecule has 0 bridgehead atoms. The average molecular weight is 193 g/mol. The van der Waals surface area contributed by atoms with Gasteiger partial charge in [-0.05, 0) is 12.8 Å². The summed E-state index contributed by atoms with van der Waals surface area (Å²) in [5.74, 6) is 0. The largest absolute Gasteiger partial charge is 0.213 e. The fourth-order valence-electron chi connectivity index (χ4n) is 1.03. The number of nitrogens with zero attached hydrogens (tertiary/aromatic N) is 1. The Kier molecular flexibility index (Phi) is 5.50. The molecule has 0 aromatic heterocycles. The second kappa shape index (κ2) is 5.54. The molecule has 0 aliphatic heterocycles. The van der Waals surface area contributed by atoms with Crippen LogP contribution >= 0.6 is 0 Å². The standard InChI is InChI=1S/C8H19NO2S/c1-4-6-8-9(7-5-2)12(3,10)11/h4-8H2,1-3H3. The van der Waals surface area contributed by atoms with Crippen molar-refractivity contribution < 1.29 is 8.42 Å². The predicted molar refractivity (Wildman–Crippen MR) is 51.6 cm³/mol. The summed E-state index contributed by atoms with van der Waals surface area (Å²) >= 11 is 0. The van der Waals surface area contributed by atoms with Gasteiger partial charge in [0.05, 0.1) is 6.26 Å². The van der Waals surface area contributed by atoms with Crippen LogP contribution in [0.5, 0.6) is 0 Å². The summed E-state index contributed by atoms with van der Waals surface area (Å²) in [5.41, 5.74) is 0. The maximum Gasteiger partial charge on any atom is 0.211 e. The van der Waals surface area contributed by atoms with Gasteiger partial charge in [-0.3, -0.25) is 0 Å². The van der Waals surface area contributed by atoms with Crippen LogP contribution in [0.15, 0.2) is 0 Å². The first kappa shape index (κ1) is 11.9. The highest BCUT2D eigenvalue weighted by Crippen LogP contribution is 2.02. The van der Waals surface area contributed by atoms with Gasteiger partial charge in [0, 0.05) is 13.1 Å². The van der Waals surface area contributed by atoms with Gasteiger partial charge in [-0.15, -0.1) is 0 Å². The second-order valence-electron chi connectivity index (χ2n) is 3.02. The summed E-state index contributed by atoms with van der Waals surface area (Å²) in [7, 11) is -2.97. The van der Waals surface area contributed by atoms with Crippen molar-refractivity contribution in [3.05, 3.63) is 0 Å². The summed E-state index contributed by atoms with van der Waals surface area (Å²) in [5, 5.41) is 0. The Morgan fingerprint density at radius 3 is 2.00 bits per heavy atom. The fraction of sp³-hybridized carbons (Fsp3) is 1.00. The van der Waals surface area contributed by atoms with E-state index in [9.17, 15) is 8.42 Å². The lowest BCUT2D eigenvalue weighted by Gasteiger charge is -2.18. The molecule has 12 heavy (non-hydrogen) atoms. The lowest BCUT2D eigenvalue weighted by atomic mass is 10.3. The minimum Gasteiger partial charge on any atom is -0.213 e. The third kappa shape index (κ3) is 4.72. The molecule has 0 rings (SSSR count). The number of rotatable bonds is 6. The molecule has 0 spiro atoms. The zero-order chi connectivity index (χ0) is 9.61. The second-order valence-corrected chi connectivity index (χ2v) is 5.00. The number of hydrogen-bond donors (Lipinski definition) is 0. The Balaban J connectivity index is 4.05. The van der Waals surface area contributed by atoms with Gasteiger partial charge in [-0.1, -0.05) is 20.3 Å². The zero-order valence-corrected chi connectivity index (χ0v) is 9.02. The highest BCUT2D eigenvalue weighted by atomic mass is 32.2. The van der Waals surface area contributed by atoms with E-state index < -0.39 is 10.0 Å². The molecular formula is C8H19NO2S. The summed E-state index contributed by atoms with van der Waals surface area (Å²) in [4.78, 5) is 0. The minimum absolute atomic E-state index is 0.652. The van der Waals surface area contributed by atoms with E-state index in [1.54, 1.807) is 4.31 Å². The van der Waals surface area contributed by atoms with Crippen molar-refractivity contribution in [1.29, 1.82) is 0 Å². The Hall–Kier alpha value is -0.0900. The van der Waals surface area contributed by atoms with E-state index in [1.165, 1.54) is 6.26 Å². The molecule has 0 heterocycles. The van der Waals surface area contributed by atoms with Crippen LogP contribution in [0.1, 0.15) is 33.1 Å². The van der Waals surface area contributed by atoms with Gasteiger partial charge >= 0.3 is 0 Å². The Morgan fingerprint density at radius 2 is 1.67 bits per heavy atom. The summed E-state index contributed by atoms with van der Waals surface area (Å²) in [6.45, 7) is 5.37. The molecular weight excluding hydrogens is 174 g/mol. The summed E-state index contributed by atoms with van der Waals surface area (Å²) in [6, 6.07) is 0. The zero-order valence-electron chi connectivity index (χ0n) is 8.21. The normalized spacial score (nSPS) is 12.3. The molecule has 0 radical (unpaired) electrons. The van der Waals surface area contributed by atoms with E-state index in [2.05, 4.69) is 6.92 Å². The Labute approximate surface area is 75.8 Å². The molecule has 0 atom stereocenters.